The van der Waals surface area contributed by atoms with Crippen molar-refractivity contribution in [3.05, 3.63) is 0 Å². The molecule has 0 atom stereocenters. The Morgan fingerprint density at radius 1 is 1.10 bits per heavy atom. The van der Waals surface area contributed by atoms with Crippen LogP contribution in [0, 0.1) is 0 Å². The monoisotopic (exact) mass is 310 g/mol. The van der Waals surface area contributed by atoms with Crippen LogP contribution in [0.5, 0.6) is 0 Å². The minimum atomic E-state index is 0.300. The first kappa shape index (κ1) is 16.1. The van der Waals surface area contributed by atoms with Crippen molar-refractivity contribution in [2.45, 2.75) is 38.5 Å². The Kier molecular flexibility index (Phi) is 6.85. The van der Waals surface area contributed by atoms with Crippen molar-refractivity contribution in [1.29, 1.82) is 0 Å². The van der Waals surface area contributed by atoms with E-state index < -0.39 is 0 Å². The number of thioether (sulfide) groups is 1. The third-order valence-corrected chi connectivity index (χ3v) is 4.29. The van der Waals surface area contributed by atoms with Gasteiger partial charge in [-0.3, -0.25) is 0 Å². The lowest BCUT2D eigenvalue weighted by Gasteiger charge is -2.16. The van der Waals surface area contributed by atoms with Gasteiger partial charge in [0.15, 0.2) is 0 Å². The van der Waals surface area contributed by atoms with Crippen molar-refractivity contribution in [3.8, 4) is 0 Å². The number of aromatic nitrogens is 3. The minimum absolute atomic E-state index is 0.300. The Bertz CT molecular complexity index is 422. The maximum absolute atomic E-state index is 5.78. The molecule has 2 heterocycles. The summed E-state index contributed by atoms with van der Waals surface area (Å²) in [4.78, 5) is 15.0. The Balaban J connectivity index is 1.75. The zero-order chi connectivity index (χ0) is 14.9. The Morgan fingerprint density at radius 2 is 1.86 bits per heavy atom. The lowest BCUT2D eigenvalue weighted by molar-refractivity contribution is 0.687. The van der Waals surface area contributed by atoms with Gasteiger partial charge in [-0.2, -0.15) is 26.7 Å². The van der Waals surface area contributed by atoms with Crippen molar-refractivity contribution in [2.24, 2.45) is 0 Å². The zero-order valence-corrected chi connectivity index (χ0v) is 13.7. The van der Waals surface area contributed by atoms with Gasteiger partial charge in [0.2, 0.25) is 17.8 Å². The molecule has 0 bridgehead atoms. The smallest absolute Gasteiger partial charge is 0.231 e. The molecule has 2 rings (SSSR count). The van der Waals surface area contributed by atoms with Crippen molar-refractivity contribution >= 4 is 29.6 Å². The number of nitrogens with zero attached hydrogens (tertiary/aromatic N) is 4. The summed E-state index contributed by atoms with van der Waals surface area (Å²) in [5.41, 5.74) is 5.78. The fraction of sp³-hybridized carbons (Fsp3) is 0.786. The average molecular weight is 310 g/mol. The minimum Gasteiger partial charge on any atom is -0.368 e. The molecular formula is C14H26N6S. The van der Waals surface area contributed by atoms with Crippen molar-refractivity contribution in [1.82, 2.24) is 15.0 Å². The molecule has 1 aliphatic rings. The number of nitrogens with one attached hydrogen (secondary N) is 1. The van der Waals surface area contributed by atoms with Crippen LogP contribution in [0.25, 0.3) is 0 Å². The molecule has 0 aromatic carbocycles. The van der Waals surface area contributed by atoms with Crippen LogP contribution in [0.15, 0.2) is 0 Å². The third-order valence-electron chi connectivity index (χ3n) is 3.59. The van der Waals surface area contributed by atoms with E-state index in [0.717, 1.165) is 26.1 Å². The van der Waals surface area contributed by atoms with E-state index in [2.05, 4.69) is 31.4 Å². The van der Waals surface area contributed by atoms with E-state index in [-0.39, 0.29) is 0 Å². The molecule has 1 saturated heterocycles. The average Bonchev–Trinajstić information content (AvgIpc) is 3.00. The molecule has 21 heavy (non-hydrogen) atoms. The van der Waals surface area contributed by atoms with Crippen LogP contribution in [0.1, 0.15) is 38.5 Å². The highest BCUT2D eigenvalue weighted by Gasteiger charge is 2.16. The number of anilines is 3. The van der Waals surface area contributed by atoms with Crippen LogP contribution in [0.2, 0.25) is 0 Å². The molecule has 6 nitrogen and oxygen atoms in total. The largest absolute Gasteiger partial charge is 0.368 e. The van der Waals surface area contributed by atoms with Crippen LogP contribution in [0.4, 0.5) is 17.8 Å². The topological polar surface area (TPSA) is 80.0 Å². The van der Waals surface area contributed by atoms with Gasteiger partial charge in [0.25, 0.3) is 0 Å². The lowest BCUT2D eigenvalue weighted by Crippen LogP contribution is -2.22. The first-order chi connectivity index (χ1) is 10.3. The van der Waals surface area contributed by atoms with E-state index in [1.807, 2.05) is 11.8 Å². The molecule has 0 amide bonds. The zero-order valence-electron chi connectivity index (χ0n) is 12.8. The molecule has 1 aromatic heterocycles. The summed E-state index contributed by atoms with van der Waals surface area (Å²) in [6.45, 7) is 2.92. The van der Waals surface area contributed by atoms with Gasteiger partial charge < -0.3 is 16.0 Å². The number of unbranched alkanes of at least 4 members (excludes halogenated alkanes) is 3. The number of hydrogen-bond donors (Lipinski definition) is 2. The van der Waals surface area contributed by atoms with Gasteiger partial charge in [0, 0.05) is 19.6 Å². The van der Waals surface area contributed by atoms with Gasteiger partial charge in [-0.25, -0.2) is 0 Å². The molecule has 3 N–H and O–H groups in total. The SMILES string of the molecule is CSCCCCCCNc1nc(N)nc(N2CCCC2)n1. The summed E-state index contributed by atoms with van der Waals surface area (Å²) in [6.07, 6.45) is 9.53. The van der Waals surface area contributed by atoms with Gasteiger partial charge in [-0.05, 0) is 37.7 Å². The molecule has 0 unspecified atom stereocenters. The predicted molar refractivity (Wildman–Crippen MR) is 91.0 cm³/mol. The van der Waals surface area contributed by atoms with Crippen LogP contribution in [-0.2, 0) is 0 Å². The third kappa shape index (κ3) is 5.57. The van der Waals surface area contributed by atoms with Crippen molar-refractivity contribution < 1.29 is 0 Å². The quantitative estimate of drug-likeness (QED) is 0.678. The maximum Gasteiger partial charge on any atom is 0.231 e. The number of rotatable bonds is 9. The fourth-order valence-corrected chi connectivity index (χ4v) is 2.94. The van der Waals surface area contributed by atoms with Gasteiger partial charge in [-0.1, -0.05) is 12.8 Å². The van der Waals surface area contributed by atoms with E-state index >= 15 is 0 Å². The highest BCUT2D eigenvalue weighted by molar-refractivity contribution is 7.98. The summed E-state index contributed by atoms with van der Waals surface area (Å²) in [7, 11) is 0. The molecule has 0 saturated carbocycles. The second-order valence-electron chi connectivity index (χ2n) is 5.35. The predicted octanol–water partition coefficient (Wildman–Crippen LogP) is 2.39. The van der Waals surface area contributed by atoms with Gasteiger partial charge in [0.05, 0.1) is 0 Å². The van der Waals surface area contributed by atoms with E-state index in [9.17, 15) is 0 Å². The highest BCUT2D eigenvalue weighted by atomic mass is 32.2. The lowest BCUT2D eigenvalue weighted by atomic mass is 10.2. The second-order valence-corrected chi connectivity index (χ2v) is 6.33. The molecular weight excluding hydrogens is 284 g/mol. The standard InChI is InChI=1S/C14H26N6S/c1-21-11-7-3-2-4-8-16-13-17-12(15)18-14(19-13)20-9-5-6-10-20/h2-11H2,1H3,(H3,15,16,17,18,19). The van der Waals surface area contributed by atoms with E-state index in [0.29, 0.717) is 17.8 Å². The molecule has 118 valence electrons. The summed E-state index contributed by atoms with van der Waals surface area (Å²) >= 11 is 1.92. The van der Waals surface area contributed by atoms with Crippen LogP contribution in [-0.4, -0.2) is 46.6 Å². The molecule has 0 radical (unpaired) electrons. The number of nitrogens with two attached hydrogens (primary N) is 1. The fourth-order valence-electron chi connectivity index (χ4n) is 2.44. The molecule has 1 aromatic rings. The maximum atomic E-state index is 5.78. The Labute approximate surface area is 131 Å². The molecule has 1 fully saturated rings. The normalized spacial score (nSPS) is 14.6. The van der Waals surface area contributed by atoms with Gasteiger partial charge in [0.1, 0.15) is 0 Å². The molecule has 7 heteroatoms. The van der Waals surface area contributed by atoms with E-state index in [1.165, 1.54) is 37.9 Å². The van der Waals surface area contributed by atoms with E-state index in [4.69, 9.17) is 5.73 Å². The summed E-state index contributed by atoms with van der Waals surface area (Å²) in [6, 6.07) is 0. The highest BCUT2D eigenvalue weighted by Crippen LogP contribution is 2.17. The summed E-state index contributed by atoms with van der Waals surface area (Å²) in [5.74, 6) is 2.88. The first-order valence-corrected chi connectivity index (χ1v) is 9.18. The summed E-state index contributed by atoms with van der Waals surface area (Å²) in [5, 5.41) is 3.27. The Morgan fingerprint density at radius 3 is 2.62 bits per heavy atom. The van der Waals surface area contributed by atoms with Crippen LogP contribution >= 0.6 is 11.8 Å². The van der Waals surface area contributed by atoms with Crippen molar-refractivity contribution in [3.63, 3.8) is 0 Å². The van der Waals surface area contributed by atoms with Gasteiger partial charge >= 0.3 is 0 Å². The van der Waals surface area contributed by atoms with Crippen LogP contribution < -0.4 is 16.0 Å². The Hall–Kier alpha value is -1.24. The van der Waals surface area contributed by atoms with Gasteiger partial charge in [-0.15, -0.1) is 0 Å². The molecule has 0 spiro atoms. The number of hydrogen-bond acceptors (Lipinski definition) is 7. The number of nitrogen functional groups attached to an aromatic ring is 1. The summed E-state index contributed by atoms with van der Waals surface area (Å²) < 4.78 is 0. The van der Waals surface area contributed by atoms with E-state index in [1.54, 1.807) is 0 Å². The molecule has 0 aliphatic carbocycles. The first-order valence-electron chi connectivity index (χ1n) is 7.79. The van der Waals surface area contributed by atoms with Crippen molar-refractivity contribution in [2.75, 3.05) is 47.6 Å². The van der Waals surface area contributed by atoms with Crippen LogP contribution in [0.3, 0.4) is 0 Å². The molecule has 1 aliphatic heterocycles. The second kappa shape index (κ2) is 8.92.